The highest BCUT2D eigenvalue weighted by molar-refractivity contribution is 5.68. The average Bonchev–Trinajstić information content (AvgIpc) is 2.50. The van der Waals surface area contributed by atoms with Gasteiger partial charge in [0.05, 0.1) is 0 Å². The van der Waals surface area contributed by atoms with Crippen LogP contribution < -0.4 is 0 Å². The number of benzene rings is 2. The topological polar surface area (TPSA) is 0 Å². The first-order valence-corrected chi connectivity index (χ1v) is 8.03. The zero-order valence-electron chi connectivity index (χ0n) is 13.3. The molecule has 0 heterocycles. The Hall–Kier alpha value is -1.63. The molecule has 0 spiro atoms. The van der Waals surface area contributed by atoms with Crippen molar-refractivity contribution < 1.29 is 4.39 Å². The molecule has 0 aromatic heterocycles. The van der Waals surface area contributed by atoms with E-state index in [0.717, 1.165) is 47.9 Å². The predicted octanol–water partition coefficient (Wildman–Crippen LogP) is 6.48. The molecule has 1 atom stereocenters. The van der Waals surface area contributed by atoms with Crippen LogP contribution >= 0.6 is 0 Å². The number of unbranched alkanes of at least 4 members (excludes halogenated alkanes) is 1. The first-order chi connectivity index (χ1) is 10.2. The Morgan fingerprint density at radius 2 is 1.67 bits per heavy atom. The van der Waals surface area contributed by atoms with Crippen LogP contribution in [0.15, 0.2) is 42.5 Å². The smallest absolute Gasteiger partial charge is 0.134 e. The van der Waals surface area contributed by atoms with Gasteiger partial charge >= 0.3 is 0 Å². The summed E-state index contributed by atoms with van der Waals surface area (Å²) in [7, 11) is 0. The van der Waals surface area contributed by atoms with Gasteiger partial charge in [0.15, 0.2) is 0 Å². The van der Waals surface area contributed by atoms with Crippen LogP contribution in [-0.4, -0.2) is 0 Å². The van der Waals surface area contributed by atoms with Gasteiger partial charge in [-0.05, 0) is 42.4 Å². The van der Waals surface area contributed by atoms with E-state index in [9.17, 15) is 0 Å². The Kier molecular flexibility index (Phi) is 5.55. The van der Waals surface area contributed by atoms with Crippen molar-refractivity contribution >= 4 is 0 Å². The van der Waals surface area contributed by atoms with E-state index in [2.05, 4.69) is 13.8 Å². The van der Waals surface area contributed by atoms with Gasteiger partial charge in [0.2, 0.25) is 0 Å². The van der Waals surface area contributed by atoms with Crippen molar-refractivity contribution in [3.8, 4) is 11.1 Å². The lowest BCUT2D eigenvalue weighted by Gasteiger charge is -2.18. The molecule has 0 saturated heterocycles. The molecular formula is C20H25F. The molecule has 2 aromatic rings. The standard InChI is InChI=1S/C20H25F/c1-4-6-11-16(5-2)18-13-9-14-19(20(18)21)17-12-8-7-10-15(17)3/h7-10,12-14,16H,4-6,11H2,1-3H3. The summed E-state index contributed by atoms with van der Waals surface area (Å²) in [6.07, 6.45) is 4.39. The zero-order valence-corrected chi connectivity index (χ0v) is 13.3. The predicted molar refractivity (Wildman–Crippen MR) is 89.1 cm³/mol. The highest BCUT2D eigenvalue weighted by Crippen LogP contribution is 2.33. The number of halogens is 1. The molecule has 0 fully saturated rings. The molecule has 112 valence electrons. The average molecular weight is 284 g/mol. The second-order valence-electron chi connectivity index (χ2n) is 5.77. The second kappa shape index (κ2) is 7.40. The Balaban J connectivity index is 2.42. The molecule has 1 heteroatoms. The van der Waals surface area contributed by atoms with Gasteiger partial charge in [0.1, 0.15) is 5.82 Å². The van der Waals surface area contributed by atoms with Crippen LogP contribution in [0.3, 0.4) is 0 Å². The summed E-state index contributed by atoms with van der Waals surface area (Å²) in [5.41, 5.74) is 3.74. The molecule has 2 rings (SSSR count). The minimum absolute atomic E-state index is 0.0326. The van der Waals surface area contributed by atoms with Crippen LogP contribution in [-0.2, 0) is 0 Å². The fourth-order valence-electron chi connectivity index (χ4n) is 2.98. The van der Waals surface area contributed by atoms with Crippen molar-refractivity contribution in [1.82, 2.24) is 0 Å². The lowest BCUT2D eigenvalue weighted by molar-refractivity contribution is 0.528. The van der Waals surface area contributed by atoms with Gasteiger partial charge in [-0.1, -0.05) is 69.2 Å². The third-order valence-corrected chi connectivity index (χ3v) is 4.30. The highest BCUT2D eigenvalue weighted by Gasteiger charge is 2.17. The molecule has 21 heavy (non-hydrogen) atoms. The summed E-state index contributed by atoms with van der Waals surface area (Å²) >= 11 is 0. The molecule has 0 aliphatic carbocycles. The Morgan fingerprint density at radius 3 is 2.33 bits per heavy atom. The number of aryl methyl sites for hydroxylation is 1. The van der Waals surface area contributed by atoms with E-state index < -0.39 is 0 Å². The van der Waals surface area contributed by atoms with E-state index in [0.29, 0.717) is 5.92 Å². The van der Waals surface area contributed by atoms with E-state index in [-0.39, 0.29) is 5.82 Å². The number of hydrogen-bond donors (Lipinski definition) is 0. The molecule has 0 saturated carbocycles. The van der Waals surface area contributed by atoms with E-state index in [1.165, 1.54) is 0 Å². The Labute approximate surface area is 128 Å². The molecule has 0 nitrogen and oxygen atoms in total. The van der Waals surface area contributed by atoms with Crippen molar-refractivity contribution in [3.63, 3.8) is 0 Å². The quantitative estimate of drug-likeness (QED) is 0.569. The Bertz CT molecular complexity index is 586. The van der Waals surface area contributed by atoms with Crippen molar-refractivity contribution in [2.75, 3.05) is 0 Å². The molecule has 0 amide bonds. The number of hydrogen-bond acceptors (Lipinski definition) is 0. The van der Waals surface area contributed by atoms with E-state index >= 15 is 4.39 Å². The maximum atomic E-state index is 15.0. The van der Waals surface area contributed by atoms with Crippen molar-refractivity contribution in [3.05, 3.63) is 59.4 Å². The maximum Gasteiger partial charge on any atom is 0.134 e. The van der Waals surface area contributed by atoms with E-state index in [1.807, 2.05) is 49.4 Å². The third-order valence-electron chi connectivity index (χ3n) is 4.30. The first kappa shape index (κ1) is 15.8. The summed E-state index contributed by atoms with van der Waals surface area (Å²) in [4.78, 5) is 0. The van der Waals surface area contributed by atoms with Gasteiger partial charge in [-0.3, -0.25) is 0 Å². The second-order valence-corrected chi connectivity index (χ2v) is 5.77. The van der Waals surface area contributed by atoms with Crippen LogP contribution in [0.1, 0.15) is 56.6 Å². The van der Waals surface area contributed by atoms with Crippen LogP contribution in [0.2, 0.25) is 0 Å². The van der Waals surface area contributed by atoms with E-state index in [1.54, 1.807) is 0 Å². The first-order valence-electron chi connectivity index (χ1n) is 8.03. The fraction of sp³-hybridized carbons (Fsp3) is 0.400. The van der Waals surface area contributed by atoms with E-state index in [4.69, 9.17) is 0 Å². The van der Waals surface area contributed by atoms with Crippen LogP contribution in [0.4, 0.5) is 4.39 Å². The molecule has 0 N–H and O–H groups in total. The highest BCUT2D eigenvalue weighted by atomic mass is 19.1. The minimum Gasteiger partial charge on any atom is -0.206 e. The van der Waals surface area contributed by atoms with Crippen molar-refractivity contribution in [2.45, 2.75) is 52.4 Å². The summed E-state index contributed by atoms with van der Waals surface area (Å²) in [5, 5.41) is 0. The molecule has 0 aliphatic rings. The van der Waals surface area contributed by atoms with Gasteiger partial charge in [0, 0.05) is 5.56 Å². The van der Waals surface area contributed by atoms with Gasteiger partial charge in [-0.25, -0.2) is 4.39 Å². The zero-order chi connectivity index (χ0) is 15.2. The summed E-state index contributed by atoms with van der Waals surface area (Å²) in [6.45, 7) is 6.38. The molecule has 0 bridgehead atoms. The lowest BCUT2D eigenvalue weighted by Crippen LogP contribution is -2.02. The minimum atomic E-state index is -0.0326. The third kappa shape index (κ3) is 3.53. The molecule has 0 aliphatic heterocycles. The largest absolute Gasteiger partial charge is 0.206 e. The summed E-state index contributed by atoms with van der Waals surface area (Å²) in [5.74, 6) is 0.295. The van der Waals surface area contributed by atoms with Gasteiger partial charge in [-0.2, -0.15) is 0 Å². The molecule has 1 unspecified atom stereocenters. The summed E-state index contributed by atoms with van der Waals surface area (Å²) < 4.78 is 15.0. The normalized spacial score (nSPS) is 12.4. The lowest BCUT2D eigenvalue weighted by atomic mass is 9.88. The van der Waals surface area contributed by atoms with Crippen LogP contribution in [0, 0.1) is 12.7 Å². The van der Waals surface area contributed by atoms with Crippen LogP contribution in [0.25, 0.3) is 11.1 Å². The summed E-state index contributed by atoms with van der Waals surface area (Å²) in [6, 6.07) is 13.9. The monoisotopic (exact) mass is 284 g/mol. The van der Waals surface area contributed by atoms with Crippen LogP contribution in [0.5, 0.6) is 0 Å². The van der Waals surface area contributed by atoms with Gasteiger partial charge in [0.25, 0.3) is 0 Å². The molecule has 2 aromatic carbocycles. The van der Waals surface area contributed by atoms with Crippen molar-refractivity contribution in [1.29, 1.82) is 0 Å². The van der Waals surface area contributed by atoms with Gasteiger partial charge < -0.3 is 0 Å². The fourth-order valence-corrected chi connectivity index (χ4v) is 2.98. The number of rotatable bonds is 6. The van der Waals surface area contributed by atoms with Crippen molar-refractivity contribution in [2.24, 2.45) is 0 Å². The maximum absolute atomic E-state index is 15.0. The SMILES string of the molecule is CCCCC(CC)c1cccc(-c2ccccc2C)c1F. The van der Waals surface area contributed by atoms with Gasteiger partial charge in [-0.15, -0.1) is 0 Å². The molecule has 0 radical (unpaired) electrons. The Morgan fingerprint density at radius 1 is 0.952 bits per heavy atom. The molecular weight excluding hydrogens is 259 g/mol.